The maximum Gasteiger partial charge on any atom is 0.150 e. The molecule has 14 aromatic rings. The fourth-order valence-corrected chi connectivity index (χ4v) is 14.7. The zero-order valence-corrected chi connectivity index (χ0v) is 53.0. The number of anilines is 6. The minimum atomic E-state index is -0.836. The lowest BCUT2D eigenvalue weighted by molar-refractivity contribution is 0.482. The van der Waals surface area contributed by atoms with Gasteiger partial charge in [-0.25, -0.2) is 17.6 Å². The summed E-state index contributed by atoms with van der Waals surface area (Å²) in [6.45, 7) is 7.77. The van der Waals surface area contributed by atoms with Crippen LogP contribution < -0.4 is 19.3 Å². The molecule has 470 valence electrons. The normalized spacial score (nSPS) is 14.7. The molecule has 0 bridgehead atoms. The lowest BCUT2D eigenvalue weighted by Gasteiger charge is -2.35. The molecule has 0 heterocycles. The summed E-state index contributed by atoms with van der Waals surface area (Å²) in [5.74, 6) is -0.0960. The molecule has 8 heteroatoms. The van der Waals surface area contributed by atoms with Crippen molar-refractivity contribution in [3.63, 3.8) is 0 Å². The number of fused-ring (bicyclic) bond motifs is 6. The largest absolute Gasteiger partial charge is 0.457 e. The van der Waals surface area contributed by atoms with E-state index in [9.17, 15) is 8.78 Å². The van der Waals surface area contributed by atoms with Gasteiger partial charge in [0.05, 0.1) is 22.2 Å². The van der Waals surface area contributed by atoms with E-state index >= 15 is 8.78 Å². The summed E-state index contributed by atoms with van der Waals surface area (Å²) in [6.07, 6.45) is 3.59. The first kappa shape index (κ1) is 60.4. The van der Waals surface area contributed by atoms with Gasteiger partial charge < -0.3 is 19.3 Å². The van der Waals surface area contributed by atoms with Crippen LogP contribution in [0.1, 0.15) is 55.6 Å². The van der Waals surface area contributed by atoms with E-state index in [1.807, 2.05) is 155 Å². The second-order valence-corrected chi connectivity index (χ2v) is 24.5. The van der Waals surface area contributed by atoms with Crippen LogP contribution in [-0.2, 0) is 10.8 Å². The summed E-state index contributed by atoms with van der Waals surface area (Å²) in [5.41, 5.74) is 17.3. The Kier molecular flexibility index (Phi) is 15.4. The van der Waals surface area contributed by atoms with Crippen LogP contribution in [0.2, 0.25) is 0 Å². The molecule has 16 rings (SSSR count). The van der Waals surface area contributed by atoms with Crippen LogP contribution in [0.25, 0.3) is 45.5 Å². The first-order valence-electron chi connectivity index (χ1n) is 32.4. The molecule has 14 aromatic carbocycles. The van der Waals surface area contributed by atoms with E-state index in [0.29, 0.717) is 45.7 Å². The van der Waals surface area contributed by atoms with Gasteiger partial charge in [-0.3, -0.25) is 0 Å². The Morgan fingerprint density at radius 2 is 0.592 bits per heavy atom. The molecule has 2 atom stereocenters. The first-order chi connectivity index (χ1) is 48.1. The van der Waals surface area contributed by atoms with Gasteiger partial charge in [0.1, 0.15) is 46.3 Å². The quantitative estimate of drug-likeness (QED) is 0.0849. The summed E-state index contributed by atoms with van der Waals surface area (Å²) in [7, 11) is 0. The van der Waals surface area contributed by atoms with E-state index in [0.717, 1.165) is 101 Å². The lowest BCUT2D eigenvalue weighted by Crippen LogP contribution is -2.28. The van der Waals surface area contributed by atoms with Crippen LogP contribution in [0.3, 0.4) is 0 Å². The van der Waals surface area contributed by atoms with E-state index in [1.54, 1.807) is 12.2 Å². The van der Waals surface area contributed by atoms with Crippen LogP contribution >= 0.6 is 0 Å². The van der Waals surface area contributed by atoms with E-state index in [-0.39, 0.29) is 11.4 Å². The van der Waals surface area contributed by atoms with Crippen LogP contribution in [0.4, 0.5) is 51.7 Å². The number of hydrogen-bond acceptors (Lipinski definition) is 4. The Morgan fingerprint density at radius 1 is 0.276 bits per heavy atom. The fraction of sp³-hybridized carbons (Fsp3) is 0.0222. The molecule has 98 heavy (non-hydrogen) atoms. The summed E-state index contributed by atoms with van der Waals surface area (Å²) in [4.78, 5) is 3.67. The highest BCUT2D eigenvalue weighted by atomic mass is 19.1. The predicted molar refractivity (Wildman–Crippen MR) is 389 cm³/mol. The molecular weight excluding hydrogens is 1220 g/mol. The minimum absolute atomic E-state index is 0.158. The van der Waals surface area contributed by atoms with Gasteiger partial charge in [-0.05, 0) is 210 Å². The lowest BCUT2D eigenvalue weighted by atomic mass is 9.67. The van der Waals surface area contributed by atoms with Gasteiger partial charge >= 0.3 is 0 Å². The van der Waals surface area contributed by atoms with Crippen molar-refractivity contribution in [1.29, 1.82) is 0 Å². The Labute approximate surface area is 566 Å². The van der Waals surface area contributed by atoms with Gasteiger partial charge in [0.15, 0.2) is 0 Å². The molecule has 0 N–H and O–H groups in total. The molecule has 2 aliphatic carbocycles. The highest BCUT2D eigenvalue weighted by molar-refractivity contribution is 5.92. The average molecular weight is 1280 g/mol. The third kappa shape index (κ3) is 10.4. The van der Waals surface area contributed by atoms with Crippen LogP contribution in [0.5, 0.6) is 23.0 Å². The molecule has 2 unspecified atom stereocenters. The molecule has 0 saturated carbocycles. The smallest absolute Gasteiger partial charge is 0.150 e. The number of rotatable bonds is 17. The maximum atomic E-state index is 16.7. The van der Waals surface area contributed by atoms with Gasteiger partial charge in [0.25, 0.3) is 0 Å². The fourth-order valence-electron chi connectivity index (χ4n) is 14.7. The summed E-state index contributed by atoms with van der Waals surface area (Å²) in [6, 6.07) is 105. The average Bonchev–Trinajstić information content (AvgIpc) is 1.53. The van der Waals surface area contributed by atoms with Crippen LogP contribution in [-0.4, -0.2) is 0 Å². The number of halogens is 4. The Hall–Kier alpha value is -12.5. The number of hydrogen-bond donors (Lipinski definition) is 0. The van der Waals surface area contributed by atoms with Crippen LogP contribution in [0, 0.1) is 23.3 Å². The van der Waals surface area contributed by atoms with Gasteiger partial charge in [-0.15, -0.1) is 0 Å². The standard InChI is InChI=1S/C90H60F4N2O2/c1-3-59-23-43-73(44-24-59)97-75-47-31-65(32-48-75)89(63-15-7-5-8-16-63)81-21-13-11-19-77(81)79-51-41-71(57-83(79)89)95(87-53-35-67(91)55-85(87)93)69-37-27-61(28-38-69)62-29-39-70(40-30-62)96(88-54-36-68(92)56-86(88)94)72-42-52-80-78-20-12-14-22-82(78)90(84(80)58-72,64-17-9-6-10-18-64)66-33-49-76(50-34-66)98-74-45-25-60(4-2)26-46-74/h3-58H,1-2H2. The molecule has 0 radical (unpaired) electrons. The highest BCUT2D eigenvalue weighted by Crippen LogP contribution is 2.60. The van der Waals surface area contributed by atoms with E-state index < -0.39 is 34.1 Å². The zero-order valence-electron chi connectivity index (χ0n) is 53.0. The summed E-state index contributed by atoms with van der Waals surface area (Å²) < 4.78 is 76.0. The Morgan fingerprint density at radius 3 is 0.949 bits per heavy atom. The molecular formula is C90H60F4N2O2. The van der Waals surface area contributed by atoms with E-state index in [4.69, 9.17) is 9.47 Å². The second kappa shape index (κ2) is 25.0. The third-order valence-electron chi connectivity index (χ3n) is 19.2. The summed E-state index contributed by atoms with van der Waals surface area (Å²) >= 11 is 0. The van der Waals surface area contributed by atoms with Gasteiger partial charge in [0.2, 0.25) is 0 Å². The third-order valence-corrected chi connectivity index (χ3v) is 19.2. The molecule has 0 aromatic heterocycles. The molecule has 0 fully saturated rings. The van der Waals surface area contributed by atoms with Gasteiger partial charge in [-0.1, -0.05) is 219 Å². The molecule has 0 saturated heterocycles. The number of benzene rings is 14. The SMILES string of the molecule is C=Cc1ccc(Oc2ccc(C3(c4ccccc4)c4ccccc4-c4ccc(N(c5ccc(-c6ccc(N(c7ccc8c(c7)C(c7ccccc7)(c7ccc(Oc9ccc(C=C)cc9)cc7)c7ccccc7-8)c7ccc(F)cc7F)cc6)cc5)c5ccc(F)cc5F)cc43)cc2)cc1. The number of nitrogens with zero attached hydrogens (tertiary/aromatic N) is 2. The Bertz CT molecular complexity index is 5000. The maximum absolute atomic E-state index is 16.7. The minimum Gasteiger partial charge on any atom is -0.457 e. The van der Waals surface area contributed by atoms with Crippen molar-refractivity contribution in [3.05, 3.63) is 420 Å². The van der Waals surface area contributed by atoms with E-state index in [2.05, 4.69) is 159 Å². The van der Waals surface area contributed by atoms with Gasteiger partial charge in [-0.2, -0.15) is 0 Å². The number of ether oxygens (including phenoxy) is 2. The first-order valence-corrected chi connectivity index (χ1v) is 32.4. The predicted octanol–water partition coefficient (Wildman–Crippen LogP) is 24.4. The van der Waals surface area contributed by atoms with Crippen molar-refractivity contribution in [2.45, 2.75) is 10.8 Å². The Balaban J connectivity index is 0.771. The van der Waals surface area contributed by atoms with Crippen LogP contribution in [0.15, 0.2) is 341 Å². The van der Waals surface area contributed by atoms with Crippen molar-refractivity contribution in [2.75, 3.05) is 9.80 Å². The van der Waals surface area contributed by atoms with Gasteiger partial charge in [0, 0.05) is 34.9 Å². The van der Waals surface area contributed by atoms with Crippen molar-refractivity contribution in [3.8, 4) is 56.4 Å². The van der Waals surface area contributed by atoms with E-state index in [1.165, 1.54) is 24.3 Å². The molecule has 2 aliphatic rings. The second-order valence-electron chi connectivity index (χ2n) is 24.5. The molecule has 4 nitrogen and oxygen atoms in total. The van der Waals surface area contributed by atoms with Crippen molar-refractivity contribution in [2.24, 2.45) is 0 Å². The zero-order chi connectivity index (χ0) is 66.5. The van der Waals surface area contributed by atoms with Crippen molar-refractivity contribution < 1.29 is 27.0 Å². The summed E-state index contributed by atoms with van der Waals surface area (Å²) in [5, 5.41) is 0. The van der Waals surface area contributed by atoms with Crippen molar-refractivity contribution >= 4 is 46.3 Å². The molecule has 0 aliphatic heterocycles. The molecule has 0 spiro atoms. The highest BCUT2D eigenvalue weighted by Gasteiger charge is 2.48. The molecule has 0 amide bonds. The van der Waals surface area contributed by atoms with Crippen molar-refractivity contribution in [1.82, 2.24) is 0 Å². The topological polar surface area (TPSA) is 24.9 Å². The monoisotopic (exact) mass is 1280 g/mol.